The Hall–Kier alpha value is -1.07. The lowest BCUT2D eigenvalue weighted by atomic mass is 10.1. The zero-order valence-corrected chi connectivity index (χ0v) is 14.3. The summed E-state index contributed by atoms with van der Waals surface area (Å²) in [7, 11) is -2.91. The van der Waals surface area contributed by atoms with Crippen LogP contribution >= 0.6 is 0 Å². The van der Waals surface area contributed by atoms with Gasteiger partial charge < -0.3 is 10.1 Å². The van der Waals surface area contributed by atoms with Crippen molar-refractivity contribution in [2.24, 2.45) is 0 Å². The number of hydrogen-bond donors (Lipinski definition) is 1. The molecule has 120 valence electrons. The van der Waals surface area contributed by atoms with Gasteiger partial charge in [0.05, 0.1) is 12.4 Å². The maximum absolute atomic E-state index is 11.1. The molecule has 1 N–H and O–H groups in total. The van der Waals surface area contributed by atoms with E-state index in [-0.39, 0.29) is 5.75 Å². The van der Waals surface area contributed by atoms with E-state index in [1.807, 2.05) is 13.8 Å². The third-order valence-electron chi connectivity index (χ3n) is 3.18. The summed E-state index contributed by atoms with van der Waals surface area (Å²) in [6, 6.07) is 4.25. The first-order valence-corrected chi connectivity index (χ1v) is 9.51. The van der Waals surface area contributed by atoms with Crippen molar-refractivity contribution in [3.05, 3.63) is 28.8 Å². The fourth-order valence-corrected chi connectivity index (χ4v) is 2.92. The van der Waals surface area contributed by atoms with Crippen LogP contribution in [0.1, 0.15) is 36.5 Å². The molecule has 0 aliphatic rings. The van der Waals surface area contributed by atoms with E-state index in [2.05, 4.69) is 24.4 Å². The molecule has 0 unspecified atom stereocenters. The van der Waals surface area contributed by atoms with E-state index in [0.29, 0.717) is 13.0 Å². The molecule has 21 heavy (non-hydrogen) atoms. The number of nitrogens with one attached hydrogen (secondary N) is 1. The van der Waals surface area contributed by atoms with Crippen molar-refractivity contribution in [3.8, 4) is 5.75 Å². The molecule has 0 fully saturated rings. The SMILES string of the molecule is CCCNCc1cc(C)c(OCCCS(C)(=O)=O)c(C)c1. The van der Waals surface area contributed by atoms with Gasteiger partial charge in [0.25, 0.3) is 0 Å². The quantitative estimate of drug-likeness (QED) is 0.712. The molecule has 4 nitrogen and oxygen atoms in total. The van der Waals surface area contributed by atoms with Crippen molar-refractivity contribution in [3.63, 3.8) is 0 Å². The van der Waals surface area contributed by atoms with Crippen LogP contribution in [0, 0.1) is 13.8 Å². The standard InChI is InChI=1S/C16H27NO3S/c1-5-7-17-12-15-10-13(2)16(14(3)11-15)20-8-6-9-21(4,18)19/h10-11,17H,5-9,12H2,1-4H3. The van der Waals surface area contributed by atoms with Gasteiger partial charge >= 0.3 is 0 Å². The second kappa shape index (κ2) is 8.39. The van der Waals surface area contributed by atoms with E-state index in [9.17, 15) is 8.42 Å². The molecule has 0 atom stereocenters. The van der Waals surface area contributed by atoms with Crippen LogP contribution in [0.3, 0.4) is 0 Å². The van der Waals surface area contributed by atoms with Crippen molar-refractivity contribution >= 4 is 9.84 Å². The number of hydrogen-bond acceptors (Lipinski definition) is 4. The number of sulfone groups is 1. The van der Waals surface area contributed by atoms with Gasteiger partial charge in [0.15, 0.2) is 0 Å². The molecule has 0 radical (unpaired) electrons. The van der Waals surface area contributed by atoms with Crippen molar-refractivity contribution in [2.75, 3.05) is 25.2 Å². The molecule has 0 spiro atoms. The molecule has 0 amide bonds. The van der Waals surface area contributed by atoms with Gasteiger partial charge in [-0.05, 0) is 49.9 Å². The molecule has 0 saturated carbocycles. The van der Waals surface area contributed by atoms with Gasteiger partial charge in [0.2, 0.25) is 0 Å². The average Bonchev–Trinajstić information content (AvgIpc) is 2.36. The van der Waals surface area contributed by atoms with Crippen LogP contribution in [-0.2, 0) is 16.4 Å². The molecule has 0 aliphatic carbocycles. The van der Waals surface area contributed by atoms with Crippen LogP contribution in [-0.4, -0.2) is 33.6 Å². The molecule has 0 saturated heterocycles. The molecule has 1 rings (SSSR count). The summed E-state index contributed by atoms with van der Waals surface area (Å²) in [5, 5.41) is 3.39. The summed E-state index contributed by atoms with van der Waals surface area (Å²) in [4.78, 5) is 0. The first kappa shape index (κ1) is 18.0. The normalized spacial score (nSPS) is 11.6. The fourth-order valence-electron chi connectivity index (χ4n) is 2.27. The van der Waals surface area contributed by atoms with Gasteiger partial charge in [-0.15, -0.1) is 0 Å². The predicted molar refractivity (Wildman–Crippen MR) is 87.7 cm³/mol. The van der Waals surface area contributed by atoms with E-state index >= 15 is 0 Å². The van der Waals surface area contributed by atoms with Crippen LogP contribution in [0.2, 0.25) is 0 Å². The Morgan fingerprint density at radius 2 is 1.81 bits per heavy atom. The summed E-state index contributed by atoms with van der Waals surface area (Å²) in [5.74, 6) is 1.05. The molecule has 0 aliphatic heterocycles. The van der Waals surface area contributed by atoms with Crippen molar-refractivity contribution in [1.29, 1.82) is 0 Å². The molecule has 1 aromatic rings. The first-order valence-electron chi connectivity index (χ1n) is 7.45. The van der Waals surface area contributed by atoms with E-state index in [1.165, 1.54) is 11.8 Å². The van der Waals surface area contributed by atoms with Crippen molar-refractivity contribution in [2.45, 2.75) is 40.2 Å². The van der Waals surface area contributed by atoms with Gasteiger partial charge in [-0.2, -0.15) is 0 Å². The third-order valence-corrected chi connectivity index (χ3v) is 4.21. The van der Waals surface area contributed by atoms with Gasteiger partial charge in [0.1, 0.15) is 15.6 Å². The first-order chi connectivity index (χ1) is 9.83. The lowest BCUT2D eigenvalue weighted by Gasteiger charge is -2.14. The second-order valence-electron chi connectivity index (χ2n) is 5.57. The number of benzene rings is 1. The topological polar surface area (TPSA) is 55.4 Å². The summed E-state index contributed by atoms with van der Waals surface area (Å²) in [6.07, 6.45) is 2.90. The Bertz CT molecular complexity index is 530. The van der Waals surface area contributed by atoms with Gasteiger partial charge in [-0.25, -0.2) is 8.42 Å². The summed E-state index contributed by atoms with van der Waals surface area (Å²) in [6.45, 7) is 8.52. The minimum Gasteiger partial charge on any atom is -0.493 e. The second-order valence-corrected chi connectivity index (χ2v) is 7.83. The molecule has 0 heterocycles. The van der Waals surface area contributed by atoms with E-state index in [4.69, 9.17) is 4.74 Å². The highest BCUT2D eigenvalue weighted by atomic mass is 32.2. The largest absolute Gasteiger partial charge is 0.493 e. The Morgan fingerprint density at radius 1 is 1.19 bits per heavy atom. The smallest absolute Gasteiger partial charge is 0.147 e. The predicted octanol–water partition coefficient (Wildman–Crippen LogP) is 2.62. The lowest BCUT2D eigenvalue weighted by molar-refractivity contribution is 0.313. The zero-order valence-electron chi connectivity index (χ0n) is 13.5. The van der Waals surface area contributed by atoms with Gasteiger partial charge in [-0.3, -0.25) is 0 Å². The van der Waals surface area contributed by atoms with E-state index in [0.717, 1.165) is 36.4 Å². The van der Waals surface area contributed by atoms with Crippen LogP contribution in [0.25, 0.3) is 0 Å². The van der Waals surface area contributed by atoms with Crippen molar-refractivity contribution in [1.82, 2.24) is 5.32 Å². The van der Waals surface area contributed by atoms with Crippen LogP contribution in [0.5, 0.6) is 5.75 Å². The number of aryl methyl sites for hydroxylation is 2. The van der Waals surface area contributed by atoms with Crippen LogP contribution in [0.15, 0.2) is 12.1 Å². The number of rotatable bonds is 9. The summed E-state index contributed by atoms with van der Waals surface area (Å²) in [5.41, 5.74) is 3.45. The Labute approximate surface area is 128 Å². The van der Waals surface area contributed by atoms with Crippen LogP contribution < -0.4 is 10.1 Å². The molecule has 5 heteroatoms. The van der Waals surface area contributed by atoms with E-state index < -0.39 is 9.84 Å². The summed E-state index contributed by atoms with van der Waals surface area (Å²) < 4.78 is 27.9. The maximum Gasteiger partial charge on any atom is 0.147 e. The highest BCUT2D eigenvalue weighted by molar-refractivity contribution is 7.90. The third kappa shape index (κ3) is 6.96. The van der Waals surface area contributed by atoms with Crippen LogP contribution in [0.4, 0.5) is 0 Å². The Kier molecular flexibility index (Phi) is 7.18. The highest BCUT2D eigenvalue weighted by Gasteiger charge is 2.08. The monoisotopic (exact) mass is 313 g/mol. The molecular formula is C16H27NO3S. The summed E-state index contributed by atoms with van der Waals surface area (Å²) >= 11 is 0. The fraction of sp³-hybridized carbons (Fsp3) is 0.625. The lowest BCUT2D eigenvalue weighted by Crippen LogP contribution is -2.14. The molecule has 0 aromatic heterocycles. The van der Waals surface area contributed by atoms with E-state index in [1.54, 1.807) is 0 Å². The highest BCUT2D eigenvalue weighted by Crippen LogP contribution is 2.25. The Balaban J connectivity index is 2.59. The Morgan fingerprint density at radius 3 is 2.33 bits per heavy atom. The zero-order chi connectivity index (χ0) is 15.9. The number of ether oxygens (including phenoxy) is 1. The van der Waals surface area contributed by atoms with Gasteiger partial charge in [-0.1, -0.05) is 19.1 Å². The average molecular weight is 313 g/mol. The maximum atomic E-state index is 11.1. The molecule has 0 bridgehead atoms. The minimum absolute atomic E-state index is 0.171. The minimum atomic E-state index is -2.91. The molecular weight excluding hydrogens is 286 g/mol. The van der Waals surface area contributed by atoms with Gasteiger partial charge in [0, 0.05) is 12.8 Å². The van der Waals surface area contributed by atoms with Crippen molar-refractivity contribution < 1.29 is 13.2 Å². The molecule has 1 aromatic carbocycles.